The largest absolute Gasteiger partial charge is 0.378 e. The van der Waals surface area contributed by atoms with E-state index < -0.39 is 0 Å². The molecule has 2 rings (SSSR count). The number of fused-ring (bicyclic) bond motifs is 1. The molecule has 0 aliphatic carbocycles. The fraction of sp³-hybridized carbons (Fsp3) is 0. The molecule has 4 nitrogen and oxygen atoms in total. The zero-order valence-corrected chi connectivity index (χ0v) is 10.3. The first-order valence-electron chi connectivity index (χ1n) is 5.22. The van der Waals surface area contributed by atoms with Gasteiger partial charge in [-0.3, -0.25) is 15.2 Å². The van der Waals surface area contributed by atoms with Crippen LogP contribution in [0.5, 0.6) is 0 Å². The number of hydrogen-bond donors (Lipinski definition) is 2. The average Bonchev–Trinajstić information content (AvgIpc) is 2.37. The van der Waals surface area contributed by atoms with Crippen LogP contribution in [0.3, 0.4) is 0 Å². The van der Waals surface area contributed by atoms with Crippen LogP contribution in [0.1, 0.15) is 5.56 Å². The lowest BCUT2D eigenvalue weighted by Gasteiger charge is -2.00. The first kappa shape index (κ1) is 12.3. The topological polar surface area (TPSA) is 79.8 Å². The Labute approximate surface area is 108 Å². The van der Waals surface area contributed by atoms with Crippen LogP contribution < -0.4 is 5.73 Å². The Kier molecular flexibility index (Phi) is 3.74. The van der Waals surface area contributed by atoms with Crippen molar-refractivity contribution in [2.75, 3.05) is 0 Å². The molecular formula is C13H11N3OS. The number of benzene rings is 1. The minimum Gasteiger partial charge on any atom is -0.378 e. The van der Waals surface area contributed by atoms with Gasteiger partial charge in [-0.1, -0.05) is 12.1 Å². The Morgan fingerprint density at radius 3 is 2.94 bits per heavy atom. The molecule has 0 aliphatic rings. The molecule has 1 heterocycles. The van der Waals surface area contributed by atoms with E-state index in [-0.39, 0.29) is 5.17 Å². The van der Waals surface area contributed by atoms with Crippen molar-refractivity contribution >= 4 is 40.2 Å². The third-order valence-electron chi connectivity index (χ3n) is 2.28. The fourth-order valence-corrected chi connectivity index (χ4v) is 2.06. The molecule has 1 aromatic heterocycles. The maximum absolute atomic E-state index is 10.9. The lowest BCUT2D eigenvalue weighted by molar-refractivity contribution is -0.104. The fourth-order valence-electron chi connectivity index (χ4n) is 1.56. The van der Waals surface area contributed by atoms with E-state index in [2.05, 4.69) is 4.98 Å². The van der Waals surface area contributed by atoms with Gasteiger partial charge in [-0.2, -0.15) is 0 Å². The number of allylic oxidation sites excluding steroid dienone is 1. The summed E-state index contributed by atoms with van der Waals surface area (Å²) in [7, 11) is 0. The molecule has 3 N–H and O–H groups in total. The Bertz CT molecular complexity index is 637. The van der Waals surface area contributed by atoms with E-state index in [1.165, 1.54) is 0 Å². The number of nitrogens with two attached hydrogens (primary N) is 1. The molecule has 0 bridgehead atoms. The minimum atomic E-state index is -0.101. The van der Waals surface area contributed by atoms with Crippen molar-refractivity contribution in [2.24, 2.45) is 5.73 Å². The summed E-state index contributed by atoms with van der Waals surface area (Å²) in [4.78, 5) is 15.5. The van der Waals surface area contributed by atoms with Gasteiger partial charge < -0.3 is 5.73 Å². The maximum atomic E-state index is 10.9. The van der Waals surface area contributed by atoms with Crippen molar-refractivity contribution < 1.29 is 4.79 Å². The molecular weight excluding hydrogens is 246 g/mol. The molecule has 18 heavy (non-hydrogen) atoms. The molecule has 0 saturated heterocycles. The van der Waals surface area contributed by atoms with E-state index >= 15 is 0 Å². The quantitative estimate of drug-likeness (QED) is 0.383. The first-order valence-corrected chi connectivity index (χ1v) is 6.04. The summed E-state index contributed by atoms with van der Waals surface area (Å²) in [6, 6.07) is 9.52. The second-order valence-corrected chi connectivity index (χ2v) is 4.70. The molecule has 0 radical (unpaired) electrons. The number of nitrogens with zero attached hydrogens (tertiary/aromatic N) is 1. The molecule has 90 valence electrons. The molecule has 0 amide bonds. The minimum absolute atomic E-state index is 0.101. The van der Waals surface area contributed by atoms with Crippen LogP contribution in [-0.4, -0.2) is 16.4 Å². The molecule has 2 aromatic rings. The molecule has 0 atom stereocenters. The predicted molar refractivity (Wildman–Crippen MR) is 75.3 cm³/mol. The molecule has 0 fully saturated rings. The van der Waals surface area contributed by atoms with Crippen molar-refractivity contribution in [2.45, 2.75) is 0 Å². The number of aldehydes is 1. The van der Waals surface area contributed by atoms with Crippen LogP contribution in [0.15, 0.2) is 41.4 Å². The summed E-state index contributed by atoms with van der Waals surface area (Å²) in [6.45, 7) is 0. The van der Waals surface area contributed by atoms with Crippen molar-refractivity contribution in [1.29, 1.82) is 5.41 Å². The summed E-state index contributed by atoms with van der Waals surface area (Å²) in [5.41, 5.74) is 7.03. The van der Waals surface area contributed by atoms with Crippen LogP contribution in [0.4, 0.5) is 0 Å². The standard InChI is InChI=1S/C13H11N3OS/c14-13(15)18-11(8-17)7-9-3-4-12-10(6-9)2-1-5-16-12/h1-8H,(H3,14,15)/b11-7-. The summed E-state index contributed by atoms with van der Waals surface area (Å²) in [5.74, 6) is 0. The van der Waals surface area contributed by atoms with E-state index in [0.29, 0.717) is 11.2 Å². The van der Waals surface area contributed by atoms with Gasteiger partial charge in [-0.25, -0.2) is 0 Å². The molecule has 1 aromatic carbocycles. The van der Waals surface area contributed by atoms with Gasteiger partial charge in [0.15, 0.2) is 11.5 Å². The second-order valence-electron chi connectivity index (χ2n) is 3.59. The number of amidine groups is 1. The van der Waals surface area contributed by atoms with E-state index in [4.69, 9.17) is 11.1 Å². The maximum Gasteiger partial charge on any atom is 0.156 e. The highest BCUT2D eigenvalue weighted by Gasteiger charge is 2.01. The van der Waals surface area contributed by atoms with Crippen LogP contribution >= 0.6 is 11.8 Å². The zero-order valence-electron chi connectivity index (χ0n) is 9.46. The third-order valence-corrected chi connectivity index (χ3v) is 2.95. The van der Waals surface area contributed by atoms with Crippen LogP contribution in [0.2, 0.25) is 0 Å². The van der Waals surface area contributed by atoms with E-state index in [0.717, 1.165) is 28.2 Å². The summed E-state index contributed by atoms with van der Waals surface area (Å²) in [5, 5.41) is 8.06. The SMILES string of the molecule is N=C(N)S/C(C=O)=C\c1ccc2ncccc2c1. The molecule has 0 unspecified atom stereocenters. The number of pyridine rings is 1. The Hall–Kier alpha value is -2.14. The average molecular weight is 257 g/mol. The summed E-state index contributed by atoms with van der Waals surface area (Å²) in [6.07, 6.45) is 4.13. The zero-order chi connectivity index (χ0) is 13.0. The highest BCUT2D eigenvalue weighted by atomic mass is 32.2. The smallest absolute Gasteiger partial charge is 0.156 e. The lowest BCUT2D eigenvalue weighted by Crippen LogP contribution is -2.04. The van der Waals surface area contributed by atoms with Gasteiger partial charge in [0.05, 0.1) is 10.4 Å². The highest BCUT2D eigenvalue weighted by Crippen LogP contribution is 2.19. The number of carbonyl (C=O) groups excluding carboxylic acids is 1. The van der Waals surface area contributed by atoms with Crippen LogP contribution in [0.25, 0.3) is 17.0 Å². The van der Waals surface area contributed by atoms with E-state index in [1.807, 2.05) is 30.3 Å². The number of aromatic nitrogens is 1. The molecule has 0 spiro atoms. The van der Waals surface area contributed by atoms with Gasteiger partial charge in [-0.15, -0.1) is 0 Å². The lowest BCUT2D eigenvalue weighted by atomic mass is 10.1. The van der Waals surface area contributed by atoms with Crippen LogP contribution in [-0.2, 0) is 4.79 Å². The molecule has 0 saturated carbocycles. The summed E-state index contributed by atoms with van der Waals surface area (Å²) >= 11 is 0.938. The van der Waals surface area contributed by atoms with Gasteiger partial charge in [0.1, 0.15) is 0 Å². The van der Waals surface area contributed by atoms with Crippen LogP contribution in [0, 0.1) is 5.41 Å². The number of nitrogens with one attached hydrogen (secondary N) is 1. The number of thioether (sulfide) groups is 1. The Morgan fingerprint density at radius 1 is 1.39 bits per heavy atom. The van der Waals surface area contributed by atoms with Gasteiger partial charge in [0.2, 0.25) is 0 Å². The highest BCUT2D eigenvalue weighted by molar-refractivity contribution is 8.17. The second kappa shape index (κ2) is 5.46. The summed E-state index contributed by atoms with van der Waals surface area (Å²) < 4.78 is 0. The third kappa shape index (κ3) is 2.95. The Morgan fingerprint density at radius 2 is 2.22 bits per heavy atom. The number of hydrogen-bond acceptors (Lipinski definition) is 4. The number of carbonyl (C=O) groups is 1. The van der Waals surface area contributed by atoms with Crippen molar-refractivity contribution in [1.82, 2.24) is 4.98 Å². The van der Waals surface area contributed by atoms with Crippen molar-refractivity contribution in [3.05, 3.63) is 47.0 Å². The molecule has 0 aliphatic heterocycles. The van der Waals surface area contributed by atoms with Crippen molar-refractivity contribution in [3.8, 4) is 0 Å². The van der Waals surface area contributed by atoms with Gasteiger partial charge in [0.25, 0.3) is 0 Å². The van der Waals surface area contributed by atoms with Gasteiger partial charge in [-0.05, 0) is 41.6 Å². The monoisotopic (exact) mass is 257 g/mol. The van der Waals surface area contributed by atoms with E-state index in [1.54, 1.807) is 12.3 Å². The Balaban J connectivity index is 2.38. The van der Waals surface area contributed by atoms with Gasteiger partial charge >= 0.3 is 0 Å². The van der Waals surface area contributed by atoms with Crippen molar-refractivity contribution in [3.63, 3.8) is 0 Å². The molecule has 5 heteroatoms. The number of rotatable bonds is 3. The predicted octanol–water partition coefficient (Wildman–Crippen LogP) is 2.40. The first-order chi connectivity index (χ1) is 8.69. The van der Waals surface area contributed by atoms with E-state index in [9.17, 15) is 4.79 Å². The normalized spacial score (nSPS) is 11.4. The van der Waals surface area contributed by atoms with Gasteiger partial charge in [0, 0.05) is 11.6 Å².